The first-order chi connectivity index (χ1) is 17.2. The molecule has 6 heteroatoms. The van der Waals surface area contributed by atoms with E-state index in [0.717, 1.165) is 45.4 Å². The molecule has 0 unspecified atom stereocenters. The minimum Gasteiger partial charge on any atom is -0.440 e. The van der Waals surface area contributed by atoms with Gasteiger partial charge in [0.2, 0.25) is 5.88 Å². The number of rotatable bonds is 7. The molecule has 0 aliphatic carbocycles. The highest BCUT2D eigenvalue weighted by molar-refractivity contribution is 6.34. The minimum atomic E-state index is -0.356. The van der Waals surface area contributed by atoms with Crippen LogP contribution in [0.2, 0.25) is 5.02 Å². The van der Waals surface area contributed by atoms with Crippen LogP contribution >= 0.6 is 11.6 Å². The van der Waals surface area contributed by atoms with E-state index in [1.54, 1.807) is 0 Å². The maximum absolute atomic E-state index is 13.4. The predicted molar refractivity (Wildman–Crippen MR) is 151 cm³/mol. The third kappa shape index (κ3) is 5.43. The second kappa shape index (κ2) is 10.8. The number of anilines is 2. The van der Waals surface area contributed by atoms with Crippen molar-refractivity contribution < 1.29 is 9.21 Å². The summed E-state index contributed by atoms with van der Waals surface area (Å²) < 4.78 is 6.19. The number of hydrogen-bond donors (Lipinski definition) is 2. The molecular formula is C30H34ClN3O2. The Balaban J connectivity index is 1.77. The number of nitrogens with zero attached hydrogens (tertiary/aromatic N) is 1. The quantitative estimate of drug-likeness (QED) is 0.265. The Hall–Kier alpha value is -3.28. The number of urea groups is 1. The minimum absolute atomic E-state index is 0.263. The molecule has 5 nitrogen and oxygen atoms in total. The Labute approximate surface area is 218 Å². The van der Waals surface area contributed by atoms with Crippen LogP contribution in [0, 0.1) is 0 Å². The van der Waals surface area contributed by atoms with Crippen LogP contribution in [-0.2, 0) is 6.54 Å². The van der Waals surface area contributed by atoms with E-state index in [9.17, 15) is 4.79 Å². The maximum Gasteiger partial charge on any atom is 0.326 e. The van der Waals surface area contributed by atoms with Gasteiger partial charge in [-0.15, -0.1) is 0 Å². The maximum atomic E-state index is 13.4. The van der Waals surface area contributed by atoms with Gasteiger partial charge in [-0.3, -0.25) is 5.32 Å². The van der Waals surface area contributed by atoms with Gasteiger partial charge in [0.1, 0.15) is 5.58 Å². The number of carbonyl (C=O) groups is 1. The summed E-state index contributed by atoms with van der Waals surface area (Å²) in [5.74, 6) is 0.892. The molecule has 0 fully saturated rings. The van der Waals surface area contributed by atoms with Crippen molar-refractivity contribution >= 4 is 40.2 Å². The van der Waals surface area contributed by atoms with Gasteiger partial charge >= 0.3 is 6.03 Å². The van der Waals surface area contributed by atoms with Crippen LogP contribution in [0.4, 0.5) is 16.4 Å². The highest BCUT2D eigenvalue weighted by atomic mass is 35.5. The number of para-hydroxylation sites is 1. The molecule has 0 atom stereocenters. The van der Waals surface area contributed by atoms with Gasteiger partial charge in [0.25, 0.3) is 0 Å². The van der Waals surface area contributed by atoms with Crippen LogP contribution < -0.4 is 10.6 Å². The normalized spacial score (nSPS) is 11.6. The first kappa shape index (κ1) is 25.8. The molecule has 36 heavy (non-hydrogen) atoms. The summed E-state index contributed by atoms with van der Waals surface area (Å²) in [6.45, 7) is 9.30. The van der Waals surface area contributed by atoms with Gasteiger partial charge in [0, 0.05) is 28.2 Å². The highest BCUT2D eigenvalue weighted by Crippen LogP contribution is 2.42. The number of fused-ring (bicyclic) bond motifs is 1. The first-order valence-electron chi connectivity index (χ1n) is 12.3. The van der Waals surface area contributed by atoms with Crippen molar-refractivity contribution in [1.82, 2.24) is 4.90 Å². The van der Waals surface area contributed by atoms with Gasteiger partial charge in [-0.2, -0.15) is 0 Å². The molecule has 0 radical (unpaired) electrons. The fraction of sp³-hybridized carbons (Fsp3) is 0.300. The Morgan fingerprint density at radius 3 is 2.19 bits per heavy atom. The van der Waals surface area contributed by atoms with E-state index in [0.29, 0.717) is 16.5 Å². The number of nitrogens with one attached hydrogen (secondary N) is 2. The van der Waals surface area contributed by atoms with E-state index in [1.165, 1.54) is 0 Å². The van der Waals surface area contributed by atoms with Crippen LogP contribution in [0.3, 0.4) is 0 Å². The molecule has 0 aliphatic heterocycles. The molecule has 2 N–H and O–H groups in total. The van der Waals surface area contributed by atoms with E-state index in [1.807, 2.05) is 56.6 Å². The van der Waals surface area contributed by atoms with Gasteiger partial charge < -0.3 is 14.6 Å². The number of halogens is 1. The van der Waals surface area contributed by atoms with Crippen molar-refractivity contribution in [3.63, 3.8) is 0 Å². The smallest absolute Gasteiger partial charge is 0.326 e. The number of amides is 2. The molecule has 0 aliphatic rings. The number of carbonyl (C=O) groups excluding carboxylic acids is 1. The molecule has 3 aromatic carbocycles. The molecule has 188 valence electrons. The second-order valence-corrected chi connectivity index (χ2v) is 10.5. The summed E-state index contributed by atoms with van der Waals surface area (Å²) in [7, 11) is 4.07. The molecule has 0 saturated carbocycles. The molecule has 4 rings (SSSR count). The molecular weight excluding hydrogens is 470 g/mol. The lowest BCUT2D eigenvalue weighted by Gasteiger charge is -2.20. The summed E-state index contributed by atoms with van der Waals surface area (Å²) in [6.07, 6.45) is 0. The Morgan fingerprint density at radius 1 is 0.917 bits per heavy atom. The van der Waals surface area contributed by atoms with Crippen molar-refractivity contribution in [2.45, 2.75) is 46.1 Å². The van der Waals surface area contributed by atoms with Crippen LogP contribution in [0.5, 0.6) is 0 Å². The average molecular weight is 504 g/mol. The Kier molecular flexibility index (Phi) is 7.72. The van der Waals surface area contributed by atoms with Crippen molar-refractivity contribution in [3.8, 4) is 11.1 Å². The molecule has 0 bridgehead atoms. The third-order valence-electron chi connectivity index (χ3n) is 6.23. The first-order valence-corrected chi connectivity index (χ1v) is 12.7. The fourth-order valence-electron chi connectivity index (χ4n) is 4.57. The molecule has 4 aromatic rings. The summed E-state index contributed by atoms with van der Waals surface area (Å²) in [4.78, 5) is 15.5. The van der Waals surface area contributed by atoms with E-state index < -0.39 is 0 Å². The molecule has 1 heterocycles. The van der Waals surface area contributed by atoms with Gasteiger partial charge in [0.15, 0.2) is 0 Å². The summed E-state index contributed by atoms with van der Waals surface area (Å²) in [5.41, 5.74) is 6.45. The van der Waals surface area contributed by atoms with Crippen LogP contribution in [0.25, 0.3) is 22.1 Å². The molecule has 2 amide bonds. The largest absolute Gasteiger partial charge is 0.440 e. The SMILES string of the molecule is CC(C)c1cccc(C(C)C)c1NC(=O)Nc1oc2ccc(CN(C)C)cc2c1-c1ccccc1Cl. The van der Waals surface area contributed by atoms with E-state index in [2.05, 4.69) is 61.4 Å². The molecule has 0 saturated heterocycles. The monoisotopic (exact) mass is 503 g/mol. The van der Waals surface area contributed by atoms with Gasteiger partial charge in [0.05, 0.1) is 5.56 Å². The van der Waals surface area contributed by atoms with Crippen LogP contribution in [-0.4, -0.2) is 25.0 Å². The Morgan fingerprint density at radius 2 is 1.58 bits per heavy atom. The van der Waals surface area contributed by atoms with Crippen LogP contribution in [0.1, 0.15) is 56.2 Å². The van der Waals surface area contributed by atoms with E-state index >= 15 is 0 Å². The van der Waals surface area contributed by atoms with Crippen molar-refractivity contribution in [3.05, 3.63) is 82.4 Å². The lowest BCUT2D eigenvalue weighted by Crippen LogP contribution is -2.21. The molecule has 1 aromatic heterocycles. The van der Waals surface area contributed by atoms with Crippen LogP contribution in [0.15, 0.2) is 65.1 Å². The number of furan rings is 1. The lowest BCUT2D eigenvalue weighted by molar-refractivity contribution is 0.261. The number of benzene rings is 3. The zero-order valence-electron chi connectivity index (χ0n) is 21.8. The van der Waals surface area contributed by atoms with Crippen molar-refractivity contribution in [1.29, 1.82) is 0 Å². The predicted octanol–water partition coefficient (Wildman–Crippen LogP) is 8.71. The van der Waals surface area contributed by atoms with Gasteiger partial charge in [-0.25, -0.2) is 4.79 Å². The zero-order chi connectivity index (χ0) is 26.0. The average Bonchev–Trinajstić information content (AvgIpc) is 3.15. The lowest BCUT2D eigenvalue weighted by atomic mass is 9.93. The van der Waals surface area contributed by atoms with Crippen molar-refractivity contribution in [2.75, 3.05) is 24.7 Å². The topological polar surface area (TPSA) is 57.5 Å². The highest BCUT2D eigenvalue weighted by Gasteiger charge is 2.22. The van der Waals surface area contributed by atoms with Gasteiger partial charge in [-0.05, 0) is 60.8 Å². The summed E-state index contributed by atoms with van der Waals surface area (Å²) in [6, 6.07) is 19.5. The zero-order valence-corrected chi connectivity index (χ0v) is 22.5. The Bertz CT molecular complexity index is 1360. The fourth-order valence-corrected chi connectivity index (χ4v) is 4.80. The third-order valence-corrected chi connectivity index (χ3v) is 6.56. The molecule has 0 spiro atoms. The second-order valence-electron chi connectivity index (χ2n) is 10.1. The van der Waals surface area contributed by atoms with Gasteiger partial charge in [-0.1, -0.05) is 81.8 Å². The summed E-state index contributed by atoms with van der Waals surface area (Å²) in [5, 5.41) is 7.59. The number of hydrogen-bond acceptors (Lipinski definition) is 3. The van der Waals surface area contributed by atoms with E-state index in [4.69, 9.17) is 16.0 Å². The summed E-state index contributed by atoms with van der Waals surface area (Å²) >= 11 is 6.61. The standard InChI is InChI=1S/C30H34ClN3O2/c1-18(2)21-11-9-12-22(19(3)4)28(21)32-30(35)33-29-27(23-10-7-8-13-25(23)31)24-16-20(17-34(5)6)14-15-26(24)36-29/h7-16,18-19H,17H2,1-6H3,(H2,32,33,35). The van der Waals surface area contributed by atoms with Crippen molar-refractivity contribution in [2.24, 2.45) is 0 Å². The van der Waals surface area contributed by atoms with E-state index in [-0.39, 0.29) is 17.9 Å².